The third-order valence-corrected chi connectivity index (χ3v) is 21.4. The molecular formula is C82H160O17P2. The van der Waals surface area contributed by atoms with Crippen LogP contribution in [0.25, 0.3) is 0 Å². The zero-order valence-corrected chi connectivity index (χ0v) is 68.2. The van der Waals surface area contributed by atoms with Gasteiger partial charge in [0.2, 0.25) is 0 Å². The Labute approximate surface area is 619 Å². The van der Waals surface area contributed by atoms with Crippen LogP contribution in [0.2, 0.25) is 0 Å². The first-order valence-electron chi connectivity index (χ1n) is 42.4. The van der Waals surface area contributed by atoms with E-state index in [1.165, 1.54) is 231 Å². The third-order valence-electron chi connectivity index (χ3n) is 19.5. The predicted molar refractivity (Wildman–Crippen MR) is 414 cm³/mol. The lowest BCUT2D eigenvalue weighted by atomic mass is 10.00. The van der Waals surface area contributed by atoms with Gasteiger partial charge in [-0.3, -0.25) is 37.3 Å². The second-order valence-electron chi connectivity index (χ2n) is 30.7. The number of hydrogen-bond acceptors (Lipinski definition) is 15. The van der Waals surface area contributed by atoms with Crippen LogP contribution >= 0.6 is 15.6 Å². The second kappa shape index (κ2) is 72.3. The van der Waals surface area contributed by atoms with Crippen molar-refractivity contribution in [2.24, 2.45) is 17.8 Å². The minimum absolute atomic E-state index is 0.104. The van der Waals surface area contributed by atoms with Crippen LogP contribution < -0.4 is 0 Å². The summed E-state index contributed by atoms with van der Waals surface area (Å²) < 4.78 is 68.7. The molecule has 101 heavy (non-hydrogen) atoms. The van der Waals surface area contributed by atoms with E-state index >= 15 is 0 Å². The number of rotatable bonds is 80. The molecule has 0 heterocycles. The van der Waals surface area contributed by atoms with E-state index in [0.29, 0.717) is 25.7 Å². The van der Waals surface area contributed by atoms with Crippen molar-refractivity contribution in [1.82, 2.24) is 0 Å². The highest BCUT2D eigenvalue weighted by Gasteiger charge is 2.30. The molecule has 0 aliphatic rings. The lowest BCUT2D eigenvalue weighted by Gasteiger charge is -2.21. The van der Waals surface area contributed by atoms with Gasteiger partial charge in [0, 0.05) is 25.7 Å². The third kappa shape index (κ3) is 74.7. The predicted octanol–water partition coefficient (Wildman–Crippen LogP) is 24.5. The maximum Gasteiger partial charge on any atom is 0.472 e. The van der Waals surface area contributed by atoms with Gasteiger partial charge in [0.1, 0.15) is 19.3 Å². The van der Waals surface area contributed by atoms with Crippen molar-refractivity contribution in [3.63, 3.8) is 0 Å². The van der Waals surface area contributed by atoms with Gasteiger partial charge in [-0.05, 0) is 43.4 Å². The van der Waals surface area contributed by atoms with Crippen LogP contribution in [0.1, 0.15) is 427 Å². The van der Waals surface area contributed by atoms with Crippen molar-refractivity contribution in [2.45, 2.75) is 446 Å². The average Bonchev–Trinajstić information content (AvgIpc) is 0.939. The molecule has 0 spiro atoms. The van der Waals surface area contributed by atoms with Gasteiger partial charge >= 0.3 is 39.5 Å². The Kier molecular flexibility index (Phi) is 70.9. The smallest absolute Gasteiger partial charge is 0.462 e. The lowest BCUT2D eigenvalue weighted by molar-refractivity contribution is -0.161. The minimum Gasteiger partial charge on any atom is -0.462 e. The largest absolute Gasteiger partial charge is 0.472 e. The highest BCUT2D eigenvalue weighted by molar-refractivity contribution is 7.47. The maximum absolute atomic E-state index is 13.1. The van der Waals surface area contributed by atoms with Crippen molar-refractivity contribution in [3.05, 3.63) is 0 Å². The van der Waals surface area contributed by atoms with Gasteiger partial charge in [0.25, 0.3) is 0 Å². The summed E-state index contributed by atoms with van der Waals surface area (Å²) in [6, 6.07) is 0. The van der Waals surface area contributed by atoms with E-state index in [1.807, 2.05) is 0 Å². The molecule has 0 aromatic carbocycles. The van der Waals surface area contributed by atoms with E-state index in [1.54, 1.807) is 0 Å². The number of hydrogen-bond donors (Lipinski definition) is 3. The number of ether oxygens (including phenoxy) is 4. The van der Waals surface area contributed by atoms with Crippen molar-refractivity contribution >= 4 is 39.5 Å². The number of unbranched alkanes of at least 4 members (excludes halogenated alkanes) is 47. The molecule has 0 fully saturated rings. The summed E-state index contributed by atoms with van der Waals surface area (Å²) in [6.07, 6.45) is 61.3. The fourth-order valence-corrected chi connectivity index (χ4v) is 14.2. The summed E-state index contributed by atoms with van der Waals surface area (Å²) in [5.74, 6) is 0.153. The molecule has 19 heteroatoms. The molecule has 0 bridgehead atoms. The molecule has 0 aliphatic heterocycles. The van der Waals surface area contributed by atoms with E-state index in [2.05, 4.69) is 48.5 Å². The van der Waals surface area contributed by atoms with Crippen molar-refractivity contribution < 1.29 is 80.2 Å². The van der Waals surface area contributed by atoms with Crippen molar-refractivity contribution in [3.8, 4) is 0 Å². The molecule has 0 saturated heterocycles. The molecular weight excluding hydrogens is 1320 g/mol. The first kappa shape index (κ1) is 99.1. The second-order valence-corrected chi connectivity index (χ2v) is 33.6. The fraction of sp³-hybridized carbons (Fsp3) is 0.951. The van der Waals surface area contributed by atoms with Gasteiger partial charge in [0.05, 0.1) is 26.4 Å². The van der Waals surface area contributed by atoms with Gasteiger partial charge in [-0.15, -0.1) is 0 Å². The van der Waals surface area contributed by atoms with E-state index in [4.69, 9.17) is 37.0 Å². The van der Waals surface area contributed by atoms with E-state index < -0.39 is 97.5 Å². The summed E-state index contributed by atoms with van der Waals surface area (Å²) in [5.41, 5.74) is 0. The minimum atomic E-state index is -4.96. The number of carbonyl (C=O) groups excluding carboxylic acids is 4. The molecule has 0 rings (SSSR count). The van der Waals surface area contributed by atoms with E-state index in [9.17, 15) is 43.2 Å². The SMILES string of the molecule is CCCCCCCCCCCCCCCCCCCCCCCCC(=O)O[C@H](COC(=O)CCCCCCCCCCCCCCCCC(C)C)COP(=O)(O)OC[C@@H](O)COP(=O)(O)OC[C@@H](COC(=O)CCCCCCCCC(C)CC)OC(=O)CCCCCCCCCCCC(C)C. The molecule has 0 aromatic heterocycles. The zero-order chi connectivity index (χ0) is 74.4. The van der Waals surface area contributed by atoms with Gasteiger partial charge < -0.3 is 33.8 Å². The number of phosphoric acid groups is 2. The normalized spacial score (nSPS) is 14.2. The summed E-state index contributed by atoms with van der Waals surface area (Å²) in [6.45, 7) is 11.9. The molecule has 600 valence electrons. The van der Waals surface area contributed by atoms with Crippen LogP contribution in [0.3, 0.4) is 0 Å². The Morgan fingerprint density at radius 3 is 0.752 bits per heavy atom. The van der Waals surface area contributed by atoms with Crippen LogP contribution in [-0.4, -0.2) is 96.7 Å². The van der Waals surface area contributed by atoms with Gasteiger partial charge in [-0.1, -0.05) is 376 Å². The summed E-state index contributed by atoms with van der Waals surface area (Å²) in [5, 5.41) is 10.6. The summed E-state index contributed by atoms with van der Waals surface area (Å²) >= 11 is 0. The number of phosphoric ester groups is 2. The van der Waals surface area contributed by atoms with Crippen LogP contribution in [0, 0.1) is 17.8 Å². The Morgan fingerprint density at radius 1 is 0.287 bits per heavy atom. The lowest BCUT2D eigenvalue weighted by Crippen LogP contribution is -2.30. The van der Waals surface area contributed by atoms with Crippen molar-refractivity contribution in [1.29, 1.82) is 0 Å². The molecule has 0 aliphatic carbocycles. The van der Waals surface area contributed by atoms with Crippen LogP contribution in [0.15, 0.2) is 0 Å². The number of aliphatic hydroxyl groups excluding tert-OH is 1. The molecule has 17 nitrogen and oxygen atoms in total. The zero-order valence-electron chi connectivity index (χ0n) is 66.4. The Bertz CT molecular complexity index is 1960. The molecule has 3 N–H and O–H groups in total. The summed E-state index contributed by atoms with van der Waals surface area (Å²) in [7, 11) is -9.92. The highest BCUT2D eigenvalue weighted by Crippen LogP contribution is 2.45. The molecule has 0 aromatic rings. The molecule has 0 radical (unpaired) electrons. The summed E-state index contributed by atoms with van der Waals surface area (Å²) in [4.78, 5) is 73.0. The molecule has 3 unspecified atom stereocenters. The average molecular weight is 1480 g/mol. The Balaban J connectivity index is 5.21. The maximum atomic E-state index is 13.1. The Morgan fingerprint density at radius 2 is 0.505 bits per heavy atom. The first-order chi connectivity index (χ1) is 48.8. The number of aliphatic hydroxyl groups is 1. The van der Waals surface area contributed by atoms with Crippen LogP contribution in [0.5, 0.6) is 0 Å². The van der Waals surface area contributed by atoms with Gasteiger partial charge in [0.15, 0.2) is 12.2 Å². The number of esters is 4. The molecule has 0 saturated carbocycles. The van der Waals surface area contributed by atoms with Crippen LogP contribution in [-0.2, 0) is 65.4 Å². The first-order valence-corrected chi connectivity index (χ1v) is 45.4. The molecule has 6 atom stereocenters. The topological polar surface area (TPSA) is 237 Å². The van der Waals surface area contributed by atoms with Crippen molar-refractivity contribution in [2.75, 3.05) is 39.6 Å². The fourth-order valence-electron chi connectivity index (χ4n) is 12.6. The highest BCUT2D eigenvalue weighted by atomic mass is 31.2. The van der Waals surface area contributed by atoms with Gasteiger partial charge in [-0.2, -0.15) is 0 Å². The van der Waals surface area contributed by atoms with E-state index in [0.717, 1.165) is 114 Å². The van der Waals surface area contributed by atoms with Crippen LogP contribution in [0.4, 0.5) is 0 Å². The van der Waals surface area contributed by atoms with E-state index in [-0.39, 0.29) is 25.7 Å². The quantitative estimate of drug-likeness (QED) is 0.0222. The standard InChI is InChI=1S/C82H160O17P2/c1-8-10-11-12-13-14-15-16-17-18-19-20-21-22-23-24-29-32-37-42-51-58-65-81(86)98-77(69-92-79(84)63-56-49-41-36-31-28-26-25-27-30-34-39-46-53-60-73(3)4)71-96-100(88,89)94-67-76(83)68-95-101(90,91)97-72-78(70-93-80(85)64-57-50-45-44-48-55-62-75(7)9-2)99-82(87)66-59-52-43-38-33-35-40-47-54-61-74(5)6/h73-78,83H,8-72H2,1-7H3,(H,88,89)(H,90,91)/t75?,76-,77-,78-/m1/s1. The van der Waals surface area contributed by atoms with Gasteiger partial charge in [-0.25, -0.2) is 9.13 Å². The number of carbonyl (C=O) groups is 4. The molecule has 0 amide bonds. The Hall–Kier alpha value is -1.94. The monoisotopic (exact) mass is 1480 g/mol.